The monoisotopic (exact) mass is 235 g/mol. The van der Waals surface area contributed by atoms with Crippen molar-refractivity contribution in [2.75, 3.05) is 6.54 Å². The SMILES string of the molecule is C[C@@H](CN)NC(=O)c1cc(Cl)c(Cl)[nH]1. The van der Waals surface area contributed by atoms with Crippen molar-refractivity contribution in [3.05, 3.63) is 21.9 Å². The van der Waals surface area contributed by atoms with Crippen molar-refractivity contribution in [3.8, 4) is 0 Å². The minimum atomic E-state index is -0.267. The highest BCUT2D eigenvalue weighted by molar-refractivity contribution is 6.41. The third kappa shape index (κ3) is 2.64. The summed E-state index contributed by atoms with van der Waals surface area (Å²) in [6, 6.07) is 1.39. The Balaban J connectivity index is 2.70. The zero-order valence-corrected chi connectivity index (χ0v) is 9.12. The number of rotatable bonds is 3. The van der Waals surface area contributed by atoms with E-state index in [0.29, 0.717) is 17.3 Å². The molecule has 1 amide bonds. The number of aromatic nitrogens is 1. The summed E-state index contributed by atoms with van der Waals surface area (Å²) in [4.78, 5) is 14.1. The smallest absolute Gasteiger partial charge is 0.268 e. The van der Waals surface area contributed by atoms with Crippen LogP contribution in [0.15, 0.2) is 6.07 Å². The summed E-state index contributed by atoms with van der Waals surface area (Å²) >= 11 is 11.3. The Morgan fingerprint density at radius 2 is 2.36 bits per heavy atom. The first kappa shape index (κ1) is 11.4. The van der Waals surface area contributed by atoms with E-state index in [2.05, 4.69) is 10.3 Å². The van der Waals surface area contributed by atoms with Gasteiger partial charge in [-0.25, -0.2) is 0 Å². The molecule has 0 aliphatic carbocycles. The van der Waals surface area contributed by atoms with Crippen molar-refractivity contribution < 1.29 is 4.79 Å². The van der Waals surface area contributed by atoms with Gasteiger partial charge in [-0.2, -0.15) is 0 Å². The molecule has 0 fully saturated rings. The molecule has 1 aromatic heterocycles. The number of nitrogens with one attached hydrogen (secondary N) is 2. The second-order valence-electron chi connectivity index (χ2n) is 2.96. The molecule has 0 saturated carbocycles. The van der Waals surface area contributed by atoms with Gasteiger partial charge >= 0.3 is 0 Å². The molecule has 14 heavy (non-hydrogen) atoms. The molecule has 0 saturated heterocycles. The maximum atomic E-state index is 11.5. The fourth-order valence-electron chi connectivity index (χ4n) is 0.887. The van der Waals surface area contributed by atoms with Gasteiger partial charge in [0.15, 0.2) is 0 Å². The third-order valence-corrected chi connectivity index (χ3v) is 2.39. The number of hydrogen-bond donors (Lipinski definition) is 3. The van der Waals surface area contributed by atoms with Crippen LogP contribution in [0.4, 0.5) is 0 Å². The van der Waals surface area contributed by atoms with Crippen LogP contribution in [0.3, 0.4) is 0 Å². The predicted octanol–water partition coefficient (Wildman–Crippen LogP) is 1.40. The van der Waals surface area contributed by atoms with E-state index in [0.717, 1.165) is 0 Å². The van der Waals surface area contributed by atoms with E-state index in [1.54, 1.807) is 0 Å². The molecule has 0 spiro atoms. The van der Waals surface area contributed by atoms with Crippen molar-refractivity contribution in [1.29, 1.82) is 0 Å². The van der Waals surface area contributed by atoms with Crippen LogP contribution in [0.25, 0.3) is 0 Å². The van der Waals surface area contributed by atoms with Crippen LogP contribution in [0.1, 0.15) is 17.4 Å². The zero-order valence-electron chi connectivity index (χ0n) is 7.60. The van der Waals surface area contributed by atoms with Gasteiger partial charge in [-0.1, -0.05) is 23.2 Å². The molecular weight excluding hydrogens is 225 g/mol. The van der Waals surface area contributed by atoms with Gasteiger partial charge in [0.05, 0.1) is 5.02 Å². The molecular formula is C8H11Cl2N3O. The van der Waals surface area contributed by atoms with Gasteiger partial charge in [0.1, 0.15) is 10.8 Å². The Morgan fingerprint density at radius 3 is 2.79 bits per heavy atom. The Hall–Kier alpha value is -0.710. The lowest BCUT2D eigenvalue weighted by atomic mass is 10.3. The summed E-state index contributed by atoms with van der Waals surface area (Å²) in [6.07, 6.45) is 0. The maximum absolute atomic E-state index is 11.5. The molecule has 0 unspecified atom stereocenters. The van der Waals surface area contributed by atoms with Crippen LogP contribution in [-0.4, -0.2) is 23.5 Å². The van der Waals surface area contributed by atoms with Crippen LogP contribution < -0.4 is 11.1 Å². The number of amides is 1. The average Bonchev–Trinajstić information content (AvgIpc) is 2.47. The molecule has 1 heterocycles. The number of hydrogen-bond acceptors (Lipinski definition) is 2. The topological polar surface area (TPSA) is 70.9 Å². The van der Waals surface area contributed by atoms with Gasteiger partial charge in [-0.15, -0.1) is 0 Å². The first-order chi connectivity index (χ1) is 6.54. The second kappa shape index (κ2) is 4.68. The first-order valence-corrected chi connectivity index (χ1v) is 4.85. The molecule has 1 aromatic rings. The van der Waals surface area contributed by atoms with Gasteiger partial charge in [0.2, 0.25) is 0 Å². The number of H-pyrrole nitrogens is 1. The number of halogens is 2. The number of nitrogens with two attached hydrogens (primary N) is 1. The van der Waals surface area contributed by atoms with E-state index in [4.69, 9.17) is 28.9 Å². The standard InChI is InChI=1S/C8H11Cl2N3O/c1-4(3-11)12-8(14)6-2-5(9)7(10)13-6/h2,4,13H,3,11H2,1H3,(H,12,14)/t4-/m0/s1. The quantitative estimate of drug-likeness (QED) is 0.742. The van der Waals surface area contributed by atoms with Gasteiger partial charge < -0.3 is 16.0 Å². The molecule has 4 N–H and O–H groups in total. The minimum absolute atomic E-state index is 0.0802. The molecule has 1 rings (SSSR count). The fraction of sp³-hybridized carbons (Fsp3) is 0.375. The van der Waals surface area contributed by atoms with Gasteiger partial charge in [-0.3, -0.25) is 4.79 Å². The fourth-order valence-corrected chi connectivity index (χ4v) is 1.20. The normalized spacial score (nSPS) is 12.6. The summed E-state index contributed by atoms with van der Waals surface area (Å²) in [7, 11) is 0. The Morgan fingerprint density at radius 1 is 1.71 bits per heavy atom. The van der Waals surface area contributed by atoms with E-state index < -0.39 is 0 Å². The molecule has 6 heteroatoms. The zero-order chi connectivity index (χ0) is 10.7. The highest BCUT2D eigenvalue weighted by Gasteiger charge is 2.12. The van der Waals surface area contributed by atoms with Crippen LogP contribution in [0, 0.1) is 0 Å². The Labute approximate surface area is 91.8 Å². The van der Waals surface area contributed by atoms with E-state index in [-0.39, 0.29) is 17.1 Å². The van der Waals surface area contributed by atoms with Crippen molar-refractivity contribution in [2.45, 2.75) is 13.0 Å². The number of carbonyl (C=O) groups is 1. The third-order valence-electron chi connectivity index (χ3n) is 1.70. The van der Waals surface area contributed by atoms with Crippen LogP contribution in [0.2, 0.25) is 10.2 Å². The summed E-state index contributed by atoms with van der Waals surface area (Å²) < 4.78 is 0. The van der Waals surface area contributed by atoms with E-state index >= 15 is 0 Å². The number of aromatic amines is 1. The maximum Gasteiger partial charge on any atom is 0.268 e. The molecule has 0 radical (unpaired) electrons. The lowest BCUT2D eigenvalue weighted by Crippen LogP contribution is -2.37. The molecule has 0 aliphatic heterocycles. The van der Waals surface area contributed by atoms with E-state index in [1.165, 1.54) is 6.07 Å². The van der Waals surface area contributed by atoms with Gasteiger partial charge in [0.25, 0.3) is 5.91 Å². The van der Waals surface area contributed by atoms with Crippen molar-refractivity contribution in [3.63, 3.8) is 0 Å². The molecule has 1 atom stereocenters. The van der Waals surface area contributed by atoms with E-state index in [1.807, 2.05) is 6.92 Å². The Kier molecular flexibility index (Phi) is 3.80. The van der Waals surface area contributed by atoms with Crippen LogP contribution in [-0.2, 0) is 0 Å². The number of carbonyl (C=O) groups excluding carboxylic acids is 1. The van der Waals surface area contributed by atoms with E-state index in [9.17, 15) is 4.79 Å². The second-order valence-corrected chi connectivity index (χ2v) is 3.74. The average molecular weight is 236 g/mol. The largest absolute Gasteiger partial charge is 0.347 e. The lowest BCUT2D eigenvalue weighted by molar-refractivity contribution is 0.0937. The summed E-state index contributed by atoms with van der Waals surface area (Å²) in [5, 5.41) is 3.27. The van der Waals surface area contributed by atoms with Crippen molar-refractivity contribution in [2.24, 2.45) is 5.73 Å². The summed E-state index contributed by atoms with van der Waals surface area (Å²) in [6.45, 7) is 2.19. The van der Waals surface area contributed by atoms with Gasteiger partial charge in [0, 0.05) is 12.6 Å². The van der Waals surface area contributed by atoms with Crippen molar-refractivity contribution >= 4 is 29.1 Å². The lowest BCUT2D eigenvalue weighted by Gasteiger charge is -2.09. The summed E-state index contributed by atoms with van der Waals surface area (Å²) in [5.74, 6) is -0.267. The minimum Gasteiger partial charge on any atom is -0.347 e. The van der Waals surface area contributed by atoms with Crippen LogP contribution in [0.5, 0.6) is 0 Å². The predicted molar refractivity (Wildman–Crippen MR) is 56.8 cm³/mol. The highest BCUT2D eigenvalue weighted by atomic mass is 35.5. The molecule has 4 nitrogen and oxygen atoms in total. The molecule has 78 valence electrons. The van der Waals surface area contributed by atoms with Gasteiger partial charge in [-0.05, 0) is 13.0 Å². The Bertz CT molecular complexity index is 318. The van der Waals surface area contributed by atoms with Crippen molar-refractivity contribution in [1.82, 2.24) is 10.3 Å². The molecule has 0 aromatic carbocycles. The summed E-state index contributed by atoms with van der Waals surface area (Å²) in [5.41, 5.74) is 5.69. The molecule has 0 aliphatic rings. The molecule has 0 bridgehead atoms. The highest BCUT2D eigenvalue weighted by Crippen LogP contribution is 2.21. The first-order valence-electron chi connectivity index (χ1n) is 4.09. The van der Waals surface area contributed by atoms with Crippen LogP contribution >= 0.6 is 23.2 Å².